The van der Waals surface area contributed by atoms with Crippen molar-refractivity contribution in [2.45, 2.75) is 44.4 Å². The summed E-state index contributed by atoms with van der Waals surface area (Å²) in [6, 6.07) is 11.8. The van der Waals surface area contributed by atoms with Crippen LogP contribution in [-0.2, 0) is 14.8 Å². The Morgan fingerprint density at radius 1 is 0.939 bits per heavy atom. The average molecular weight is 477 g/mol. The van der Waals surface area contributed by atoms with Crippen LogP contribution in [0.2, 0.25) is 0 Å². The van der Waals surface area contributed by atoms with E-state index in [4.69, 9.17) is 14.2 Å². The molecule has 1 aliphatic rings. The molecule has 9 heteroatoms. The number of hydrogen-bond donors (Lipinski definition) is 1. The predicted octanol–water partition coefficient (Wildman–Crippen LogP) is 4.07. The third-order valence-corrected chi connectivity index (χ3v) is 7.05. The Kier molecular flexibility index (Phi) is 8.96. The predicted molar refractivity (Wildman–Crippen MR) is 127 cm³/mol. The number of carbonyl (C=O) groups is 1. The molecule has 0 aromatic heterocycles. The first kappa shape index (κ1) is 24.9. The molecule has 1 saturated heterocycles. The summed E-state index contributed by atoms with van der Waals surface area (Å²) in [5, 5.41) is 2.72. The van der Waals surface area contributed by atoms with Gasteiger partial charge < -0.3 is 19.5 Å². The summed E-state index contributed by atoms with van der Waals surface area (Å²) < 4.78 is 44.8. The summed E-state index contributed by atoms with van der Waals surface area (Å²) in [5.74, 6) is 0.911. The largest absolute Gasteiger partial charge is 0.492 e. The topological polar surface area (TPSA) is 94.2 Å². The number of rotatable bonds is 11. The van der Waals surface area contributed by atoms with E-state index in [0.717, 1.165) is 25.7 Å². The molecule has 0 spiro atoms. The molecule has 0 unspecified atom stereocenters. The van der Waals surface area contributed by atoms with Gasteiger partial charge in [-0.3, -0.25) is 4.79 Å². The van der Waals surface area contributed by atoms with Crippen molar-refractivity contribution in [3.05, 3.63) is 42.5 Å². The molecule has 180 valence electrons. The van der Waals surface area contributed by atoms with Crippen LogP contribution in [0.25, 0.3) is 0 Å². The standard InChI is InChI=1S/C24H32N2O6S/c1-3-16-31-20-10-6-7-11-21(20)32-18-24(27)25-19-12-13-22(30-4-2)23(17-19)33(28,29)26-14-8-5-9-15-26/h6-7,10-13,17H,3-5,8-9,14-16,18H2,1-2H3,(H,25,27). The zero-order valence-corrected chi connectivity index (χ0v) is 20.0. The number of nitrogens with one attached hydrogen (secondary N) is 1. The van der Waals surface area contributed by atoms with E-state index in [1.165, 1.54) is 10.4 Å². The molecule has 8 nitrogen and oxygen atoms in total. The quantitative estimate of drug-likeness (QED) is 0.526. The molecule has 33 heavy (non-hydrogen) atoms. The third kappa shape index (κ3) is 6.61. The van der Waals surface area contributed by atoms with Gasteiger partial charge >= 0.3 is 0 Å². The van der Waals surface area contributed by atoms with Crippen LogP contribution >= 0.6 is 0 Å². The Bertz CT molecular complexity index is 1040. The van der Waals surface area contributed by atoms with Crippen LogP contribution in [0.3, 0.4) is 0 Å². The van der Waals surface area contributed by atoms with Crippen molar-refractivity contribution < 1.29 is 27.4 Å². The highest BCUT2D eigenvalue weighted by Crippen LogP contribution is 2.31. The number of anilines is 1. The fraction of sp³-hybridized carbons (Fsp3) is 0.458. The summed E-state index contributed by atoms with van der Waals surface area (Å²) in [4.78, 5) is 12.6. The van der Waals surface area contributed by atoms with Gasteiger partial charge in [-0.05, 0) is 56.5 Å². The second kappa shape index (κ2) is 11.9. The molecule has 0 radical (unpaired) electrons. The number of nitrogens with zero attached hydrogens (tertiary/aromatic N) is 1. The number of benzene rings is 2. The van der Waals surface area contributed by atoms with Crippen molar-refractivity contribution in [2.24, 2.45) is 0 Å². The fourth-order valence-corrected chi connectivity index (χ4v) is 5.22. The van der Waals surface area contributed by atoms with Gasteiger partial charge in [0.25, 0.3) is 5.91 Å². The van der Waals surface area contributed by atoms with Crippen LogP contribution in [0.1, 0.15) is 39.5 Å². The highest BCUT2D eigenvalue weighted by atomic mass is 32.2. The molecule has 2 aromatic carbocycles. The van der Waals surface area contributed by atoms with E-state index < -0.39 is 15.9 Å². The minimum absolute atomic E-state index is 0.0586. The number of para-hydroxylation sites is 2. The molecule has 0 aliphatic carbocycles. The highest BCUT2D eigenvalue weighted by Gasteiger charge is 2.29. The summed E-state index contributed by atoms with van der Waals surface area (Å²) in [7, 11) is -3.73. The Hall–Kier alpha value is -2.78. The third-order valence-electron chi connectivity index (χ3n) is 5.13. The van der Waals surface area contributed by atoms with Crippen LogP contribution in [-0.4, -0.2) is 51.5 Å². The van der Waals surface area contributed by atoms with Crippen LogP contribution in [0.15, 0.2) is 47.4 Å². The first-order valence-electron chi connectivity index (χ1n) is 11.4. The summed E-state index contributed by atoms with van der Waals surface area (Å²) >= 11 is 0. The number of ether oxygens (including phenoxy) is 3. The van der Waals surface area contributed by atoms with Crippen LogP contribution < -0.4 is 19.5 Å². The summed E-state index contributed by atoms with van der Waals surface area (Å²) in [5.41, 5.74) is 0.359. The van der Waals surface area contributed by atoms with Crippen molar-refractivity contribution >= 4 is 21.6 Å². The lowest BCUT2D eigenvalue weighted by molar-refractivity contribution is -0.118. The average Bonchev–Trinajstić information content (AvgIpc) is 2.83. The second-order valence-corrected chi connectivity index (χ2v) is 9.60. The van der Waals surface area contributed by atoms with Gasteiger partial charge in [-0.25, -0.2) is 8.42 Å². The molecular weight excluding hydrogens is 444 g/mol. The lowest BCUT2D eigenvalue weighted by Gasteiger charge is -2.27. The lowest BCUT2D eigenvalue weighted by atomic mass is 10.2. The van der Waals surface area contributed by atoms with Gasteiger partial charge in [0.15, 0.2) is 18.1 Å². The number of carbonyl (C=O) groups excluding carboxylic acids is 1. The van der Waals surface area contributed by atoms with Gasteiger partial charge in [-0.2, -0.15) is 4.31 Å². The van der Waals surface area contributed by atoms with Crippen LogP contribution in [0, 0.1) is 0 Å². The van der Waals surface area contributed by atoms with Crippen molar-refractivity contribution in [2.75, 3.05) is 38.2 Å². The van der Waals surface area contributed by atoms with E-state index in [1.807, 2.05) is 13.0 Å². The maximum absolute atomic E-state index is 13.3. The van der Waals surface area contributed by atoms with Gasteiger partial charge in [-0.1, -0.05) is 25.5 Å². The molecular formula is C24H32N2O6S. The van der Waals surface area contributed by atoms with Gasteiger partial charge in [0, 0.05) is 18.8 Å². The molecule has 0 bridgehead atoms. The lowest BCUT2D eigenvalue weighted by Crippen LogP contribution is -2.35. The molecule has 1 aliphatic heterocycles. The first-order chi connectivity index (χ1) is 16.0. The molecule has 1 heterocycles. The minimum atomic E-state index is -3.73. The molecule has 0 saturated carbocycles. The highest BCUT2D eigenvalue weighted by molar-refractivity contribution is 7.89. The minimum Gasteiger partial charge on any atom is -0.492 e. The number of amides is 1. The van der Waals surface area contributed by atoms with E-state index >= 15 is 0 Å². The number of sulfonamides is 1. The van der Waals surface area contributed by atoms with E-state index in [-0.39, 0.29) is 17.3 Å². The fourth-order valence-electron chi connectivity index (χ4n) is 3.55. The molecule has 3 rings (SSSR count). The summed E-state index contributed by atoms with van der Waals surface area (Å²) in [6.07, 6.45) is 3.54. The zero-order chi connectivity index (χ0) is 23.7. The van der Waals surface area contributed by atoms with Crippen LogP contribution in [0.4, 0.5) is 5.69 Å². The van der Waals surface area contributed by atoms with E-state index in [2.05, 4.69) is 5.32 Å². The normalized spacial score (nSPS) is 14.5. The first-order valence-corrected chi connectivity index (χ1v) is 12.8. The van der Waals surface area contributed by atoms with Crippen LogP contribution in [0.5, 0.6) is 17.2 Å². The molecule has 2 aromatic rings. The van der Waals surface area contributed by atoms with Crippen molar-refractivity contribution in [1.82, 2.24) is 4.31 Å². The Labute approximate surface area is 195 Å². The van der Waals surface area contributed by atoms with Crippen molar-refractivity contribution in [3.8, 4) is 17.2 Å². The van der Waals surface area contributed by atoms with Gasteiger partial charge in [0.05, 0.1) is 13.2 Å². The number of hydrogen-bond acceptors (Lipinski definition) is 6. The Morgan fingerprint density at radius 2 is 1.64 bits per heavy atom. The van der Waals surface area contributed by atoms with Crippen molar-refractivity contribution in [3.63, 3.8) is 0 Å². The van der Waals surface area contributed by atoms with Crippen molar-refractivity contribution in [1.29, 1.82) is 0 Å². The maximum atomic E-state index is 13.3. The molecule has 0 atom stereocenters. The summed E-state index contributed by atoms with van der Waals surface area (Å²) in [6.45, 7) is 5.41. The SMILES string of the molecule is CCCOc1ccccc1OCC(=O)Nc1ccc(OCC)c(S(=O)(=O)N2CCCCC2)c1. The molecule has 1 fully saturated rings. The molecule has 1 N–H and O–H groups in total. The number of piperidine rings is 1. The van der Waals surface area contributed by atoms with E-state index in [1.54, 1.807) is 37.3 Å². The maximum Gasteiger partial charge on any atom is 0.262 e. The monoisotopic (exact) mass is 476 g/mol. The van der Waals surface area contributed by atoms with Gasteiger partial charge in [-0.15, -0.1) is 0 Å². The Balaban J connectivity index is 1.72. The Morgan fingerprint density at radius 3 is 2.30 bits per heavy atom. The second-order valence-electron chi connectivity index (χ2n) is 7.69. The zero-order valence-electron chi connectivity index (χ0n) is 19.2. The van der Waals surface area contributed by atoms with Gasteiger partial charge in [0.2, 0.25) is 10.0 Å². The smallest absolute Gasteiger partial charge is 0.262 e. The van der Waals surface area contributed by atoms with E-state index in [9.17, 15) is 13.2 Å². The van der Waals surface area contributed by atoms with Gasteiger partial charge in [0.1, 0.15) is 10.6 Å². The molecule has 1 amide bonds. The van der Waals surface area contributed by atoms with E-state index in [0.29, 0.717) is 43.5 Å².